The lowest BCUT2D eigenvalue weighted by Gasteiger charge is -2.06. The van der Waals surface area contributed by atoms with Gasteiger partial charge < -0.3 is 5.32 Å². The molecule has 0 saturated heterocycles. The fourth-order valence-electron chi connectivity index (χ4n) is 1.46. The number of hydrogen-bond donors (Lipinski definition) is 2. The second-order valence-corrected chi connectivity index (χ2v) is 3.59. The molecule has 2 amide bonds. The van der Waals surface area contributed by atoms with Crippen LogP contribution in [-0.2, 0) is 0 Å². The summed E-state index contributed by atoms with van der Waals surface area (Å²) < 4.78 is 0. The van der Waals surface area contributed by atoms with Crippen molar-refractivity contribution in [1.29, 1.82) is 0 Å². The van der Waals surface area contributed by atoms with Crippen LogP contribution in [0.25, 0.3) is 5.57 Å². The van der Waals surface area contributed by atoms with Crippen molar-refractivity contribution in [3.8, 4) is 12.8 Å². The van der Waals surface area contributed by atoms with Crippen LogP contribution in [0.5, 0.6) is 0 Å². The number of aromatic nitrogens is 1. The largest absolute Gasteiger partial charge is 0.341 e. The number of terminal acetylenes is 1. The number of amides is 2. The summed E-state index contributed by atoms with van der Waals surface area (Å²) in [5.74, 6) is 0.512. The van der Waals surface area contributed by atoms with E-state index in [0.717, 1.165) is 17.6 Å². The molecule has 1 aromatic heterocycles. The Bertz CT molecular complexity index is 504. The first kappa shape index (κ1) is 17.4. The highest BCUT2D eigenvalue weighted by atomic mass is 16.2. The number of carbonyl (C=O) groups excluding carboxylic acids is 1. The number of nitrogens with zero attached hydrogens (tertiary/aromatic N) is 2. The van der Waals surface area contributed by atoms with E-state index in [1.54, 1.807) is 26.5 Å². The lowest BCUT2D eigenvalue weighted by atomic mass is 10.1. The van der Waals surface area contributed by atoms with Gasteiger partial charge in [0.05, 0.1) is 0 Å². The Morgan fingerprint density at radius 1 is 1.50 bits per heavy atom. The lowest BCUT2D eigenvalue weighted by Crippen LogP contribution is -2.24. The Morgan fingerprint density at radius 3 is 2.75 bits per heavy atom. The average Bonchev–Trinajstić information content (AvgIpc) is 2.49. The number of rotatable bonds is 4. The summed E-state index contributed by atoms with van der Waals surface area (Å²) in [4.78, 5) is 19.3. The molecule has 0 aliphatic rings. The number of anilines is 1. The Kier molecular flexibility index (Phi) is 8.98. The second-order valence-electron chi connectivity index (χ2n) is 3.59. The molecular formula is C15H20N4O. The van der Waals surface area contributed by atoms with Gasteiger partial charge >= 0.3 is 6.03 Å². The van der Waals surface area contributed by atoms with E-state index in [0.29, 0.717) is 5.82 Å². The maximum Gasteiger partial charge on any atom is 0.320 e. The van der Waals surface area contributed by atoms with Crippen molar-refractivity contribution < 1.29 is 4.79 Å². The zero-order valence-corrected chi connectivity index (χ0v) is 12.1. The van der Waals surface area contributed by atoms with Crippen molar-refractivity contribution >= 4 is 23.6 Å². The zero-order valence-electron chi connectivity index (χ0n) is 12.1. The SMILES string of the molecule is C#C.CC/C=C(\C=NC)c1ccnc(NC(=O)NC)c1. The van der Waals surface area contributed by atoms with Crippen molar-refractivity contribution in [1.82, 2.24) is 10.3 Å². The number of nitrogens with one attached hydrogen (secondary N) is 2. The number of pyridine rings is 1. The first-order valence-corrected chi connectivity index (χ1v) is 6.12. The Labute approximate surface area is 120 Å². The van der Waals surface area contributed by atoms with Gasteiger partial charge in [0.25, 0.3) is 0 Å². The van der Waals surface area contributed by atoms with Gasteiger partial charge in [-0.15, -0.1) is 12.8 Å². The molecule has 0 aliphatic heterocycles. The third kappa shape index (κ3) is 5.83. The molecule has 0 unspecified atom stereocenters. The molecular weight excluding hydrogens is 252 g/mol. The Hall–Kier alpha value is -2.61. The van der Waals surface area contributed by atoms with Gasteiger partial charge in [0.2, 0.25) is 0 Å². The zero-order chi connectivity index (χ0) is 15.4. The van der Waals surface area contributed by atoms with Gasteiger partial charge in [-0.05, 0) is 29.7 Å². The molecule has 0 saturated carbocycles. The van der Waals surface area contributed by atoms with Crippen LogP contribution in [-0.4, -0.2) is 31.3 Å². The predicted molar refractivity (Wildman–Crippen MR) is 84.9 cm³/mol. The van der Waals surface area contributed by atoms with Gasteiger partial charge in [0, 0.05) is 26.5 Å². The minimum atomic E-state index is -0.287. The molecule has 1 aromatic rings. The molecule has 0 spiro atoms. The van der Waals surface area contributed by atoms with Crippen LogP contribution in [0, 0.1) is 12.8 Å². The molecule has 1 rings (SSSR count). The molecule has 5 heteroatoms. The number of urea groups is 1. The minimum absolute atomic E-state index is 0.287. The highest BCUT2D eigenvalue weighted by molar-refractivity contribution is 6.10. The summed E-state index contributed by atoms with van der Waals surface area (Å²) in [6, 6.07) is 3.42. The molecule has 1 heterocycles. The van der Waals surface area contributed by atoms with Gasteiger partial charge in [-0.2, -0.15) is 0 Å². The van der Waals surface area contributed by atoms with Crippen LogP contribution >= 0.6 is 0 Å². The maximum absolute atomic E-state index is 11.2. The molecule has 5 nitrogen and oxygen atoms in total. The lowest BCUT2D eigenvalue weighted by molar-refractivity contribution is 0.254. The van der Waals surface area contributed by atoms with E-state index in [-0.39, 0.29) is 6.03 Å². The maximum atomic E-state index is 11.2. The van der Waals surface area contributed by atoms with Gasteiger partial charge in [-0.3, -0.25) is 10.3 Å². The quantitative estimate of drug-likeness (QED) is 0.653. The van der Waals surface area contributed by atoms with Crippen molar-refractivity contribution in [2.24, 2.45) is 4.99 Å². The first-order chi connectivity index (χ1) is 9.71. The molecule has 0 radical (unpaired) electrons. The van der Waals surface area contributed by atoms with Crippen LogP contribution in [0.15, 0.2) is 29.4 Å². The summed E-state index contributed by atoms with van der Waals surface area (Å²) in [5.41, 5.74) is 1.99. The average molecular weight is 272 g/mol. The van der Waals surface area contributed by atoms with Gasteiger partial charge in [0.1, 0.15) is 5.82 Å². The molecule has 0 aliphatic carbocycles. The standard InChI is InChI=1S/C13H18N4O.C2H2/c1-4-5-11(9-14-2)10-6-7-16-12(8-10)17-13(18)15-3;1-2/h5-9H,4H2,1-3H3,(H2,15,16,17,18);1-2H/b11-5+,14-9?;. The van der Waals surface area contributed by atoms with E-state index in [9.17, 15) is 4.79 Å². The smallest absolute Gasteiger partial charge is 0.320 e. The second kappa shape index (κ2) is 10.3. The van der Waals surface area contributed by atoms with Crippen molar-refractivity contribution in [2.45, 2.75) is 13.3 Å². The third-order valence-electron chi connectivity index (χ3n) is 2.25. The number of aliphatic imine (C=N–C) groups is 1. The van der Waals surface area contributed by atoms with Crippen molar-refractivity contribution in [2.75, 3.05) is 19.4 Å². The summed E-state index contributed by atoms with van der Waals surface area (Å²) in [6.45, 7) is 2.06. The minimum Gasteiger partial charge on any atom is -0.341 e. The van der Waals surface area contributed by atoms with Gasteiger partial charge in [-0.25, -0.2) is 9.78 Å². The van der Waals surface area contributed by atoms with Crippen LogP contribution < -0.4 is 10.6 Å². The Balaban J connectivity index is 0.00000172. The van der Waals surface area contributed by atoms with E-state index in [1.165, 1.54) is 0 Å². The third-order valence-corrected chi connectivity index (χ3v) is 2.25. The monoisotopic (exact) mass is 272 g/mol. The molecule has 20 heavy (non-hydrogen) atoms. The van der Waals surface area contributed by atoms with Crippen LogP contribution in [0.3, 0.4) is 0 Å². The Morgan fingerprint density at radius 2 is 2.20 bits per heavy atom. The van der Waals surface area contributed by atoms with E-state index < -0.39 is 0 Å². The fourth-order valence-corrected chi connectivity index (χ4v) is 1.46. The predicted octanol–water partition coefficient (Wildman–Crippen LogP) is 2.58. The van der Waals surface area contributed by atoms with Gasteiger partial charge in [0.15, 0.2) is 0 Å². The fraction of sp³-hybridized carbons (Fsp3) is 0.267. The number of allylic oxidation sites excluding steroid dienone is 2. The molecule has 0 bridgehead atoms. The normalized spacial score (nSPS) is 10.6. The van der Waals surface area contributed by atoms with Crippen LogP contribution in [0.1, 0.15) is 18.9 Å². The van der Waals surface area contributed by atoms with E-state index in [2.05, 4.69) is 46.5 Å². The summed E-state index contributed by atoms with van der Waals surface area (Å²) in [6.07, 6.45) is 14.4. The summed E-state index contributed by atoms with van der Waals surface area (Å²) in [5, 5.41) is 5.12. The van der Waals surface area contributed by atoms with E-state index in [4.69, 9.17) is 0 Å². The van der Waals surface area contributed by atoms with E-state index in [1.807, 2.05) is 12.1 Å². The topological polar surface area (TPSA) is 66.4 Å². The number of hydrogen-bond acceptors (Lipinski definition) is 3. The highest BCUT2D eigenvalue weighted by Gasteiger charge is 2.03. The highest BCUT2D eigenvalue weighted by Crippen LogP contribution is 2.16. The summed E-state index contributed by atoms with van der Waals surface area (Å²) >= 11 is 0. The van der Waals surface area contributed by atoms with Crippen molar-refractivity contribution in [3.05, 3.63) is 30.0 Å². The van der Waals surface area contributed by atoms with Crippen LogP contribution in [0.2, 0.25) is 0 Å². The van der Waals surface area contributed by atoms with Gasteiger partial charge in [-0.1, -0.05) is 13.0 Å². The summed E-state index contributed by atoms with van der Waals surface area (Å²) in [7, 11) is 3.29. The molecule has 0 aromatic carbocycles. The molecule has 0 atom stereocenters. The number of carbonyl (C=O) groups is 1. The van der Waals surface area contributed by atoms with Crippen molar-refractivity contribution in [3.63, 3.8) is 0 Å². The molecule has 106 valence electrons. The van der Waals surface area contributed by atoms with E-state index >= 15 is 0 Å². The van der Waals surface area contributed by atoms with Crippen LogP contribution in [0.4, 0.5) is 10.6 Å². The molecule has 0 fully saturated rings. The first-order valence-electron chi connectivity index (χ1n) is 6.12. The molecule has 2 N–H and O–H groups in total.